The van der Waals surface area contributed by atoms with E-state index in [2.05, 4.69) is 6.92 Å². The molecule has 0 saturated carbocycles. The van der Waals surface area contributed by atoms with E-state index in [-0.39, 0.29) is 11.5 Å². The summed E-state index contributed by atoms with van der Waals surface area (Å²) in [6.07, 6.45) is 7.84. The van der Waals surface area contributed by atoms with Crippen molar-refractivity contribution < 1.29 is 10.2 Å². The zero-order valence-corrected chi connectivity index (χ0v) is 12.8. The minimum absolute atomic E-state index is 0.276. The third-order valence-electron chi connectivity index (χ3n) is 2.72. The number of rotatable bonds is 8. The van der Waals surface area contributed by atoms with Crippen molar-refractivity contribution in [2.24, 2.45) is 0 Å². The Morgan fingerprint density at radius 2 is 1.53 bits per heavy atom. The molecule has 0 aliphatic heterocycles. The average molecular weight is 350 g/mol. The van der Waals surface area contributed by atoms with E-state index in [4.69, 9.17) is 0 Å². The van der Waals surface area contributed by atoms with Crippen LogP contribution in [0.4, 0.5) is 0 Å². The average Bonchev–Trinajstić information content (AvgIpc) is 2.31. The van der Waals surface area contributed by atoms with Crippen LogP contribution in [0.25, 0.3) is 0 Å². The summed E-state index contributed by atoms with van der Waals surface area (Å²) in [5, 5.41) is 19.3. The summed E-state index contributed by atoms with van der Waals surface area (Å²) in [7, 11) is 0. The summed E-state index contributed by atoms with van der Waals surface area (Å²) in [4.78, 5) is 0. The van der Waals surface area contributed by atoms with Gasteiger partial charge in [0, 0.05) is 0 Å². The molecule has 2 nitrogen and oxygen atoms in total. The number of benzene rings is 1. The molecule has 0 heterocycles. The third-order valence-corrected chi connectivity index (χ3v) is 6.14. The second-order valence-corrected chi connectivity index (χ2v) is 7.40. The maximum atomic E-state index is 9.64. The number of phenolic OH excluding ortho intramolecular Hbond substituents is 2. The molecule has 0 atom stereocenters. The summed E-state index contributed by atoms with van der Waals surface area (Å²) < 4.78 is 1.99. The molecule has 0 aliphatic rings. The van der Waals surface area contributed by atoms with Crippen LogP contribution in [0.1, 0.15) is 45.4 Å². The van der Waals surface area contributed by atoms with Crippen molar-refractivity contribution >= 4 is 24.5 Å². The van der Waals surface area contributed by atoms with E-state index >= 15 is 0 Å². The molecule has 0 radical (unpaired) electrons. The Labute approximate surface area is 114 Å². The van der Waals surface area contributed by atoms with Crippen molar-refractivity contribution in [1.29, 1.82) is 0 Å². The molecule has 0 unspecified atom stereocenters. The first-order valence-electron chi connectivity index (χ1n) is 6.39. The van der Waals surface area contributed by atoms with Gasteiger partial charge in [-0.1, -0.05) is 0 Å². The van der Waals surface area contributed by atoms with Gasteiger partial charge in [0.25, 0.3) is 0 Å². The molecule has 0 aliphatic carbocycles. The van der Waals surface area contributed by atoms with E-state index in [1.807, 2.05) is 0 Å². The number of aromatic hydroxyl groups is 2. The molecule has 0 fully saturated rings. The van der Waals surface area contributed by atoms with Gasteiger partial charge < -0.3 is 0 Å². The van der Waals surface area contributed by atoms with Crippen LogP contribution in [-0.2, 0) is 0 Å². The van der Waals surface area contributed by atoms with Crippen LogP contribution in [0, 0.1) is 0 Å². The first kappa shape index (κ1) is 14.7. The first-order valence-corrected chi connectivity index (χ1v) is 9.20. The Bertz CT molecular complexity index is 306. The summed E-state index contributed by atoms with van der Waals surface area (Å²) >= 11 is -0.427. The van der Waals surface area contributed by atoms with Gasteiger partial charge in [-0.25, -0.2) is 0 Å². The zero-order chi connectivity index (χ0) is 12.5. The van der Waals surface area contributed by atoms with Gasteiger partial charge in [0.1, 0.15) is 0 Å². The molecule has 0 bridgehead atoms. The van der Waals surface area contributed by atoms with Crippen LogP contribution >= 0.6 is 0 Å². The van der Waals surface area contributed by atoms with Crippen molar-refractivity contribution in [3.05, 3.63) is 18.2 Å². The number of hydrogen-bond acceptors (Lipinski definition) is 2. The van der Waals surface area contributed by atoms with E-state index in [0.717, 1.165) is 3.61 Å². The summed E-state index contributed by atoms with van der Waals surface area (Å²) in [6, 6.07) is 5.02. The Morgan fingerprint density at radius 3 is 2.18 bits per heavy atom. The molecular formula is C14H22O2Te. The van der Waals surface area contributed by atoms with Crippen molar-refractivity contribution in [3.8, 4) is 11.5 Å². The van der Waals surface area contributed by atoms with Gasteiger partial charge >= 0.3 is 114 Å². The van der Waals surface area contributed by atoms with Crippen LogP contribution in [0.2, 0.25) is 4.47 Å². The third kappa shape index (κ3) is 5.66. The van der Waals surface area contributed by atoms with Crippen molar-refractivity contribution in [3.63, 3.8) is 0 Å². The van der Waals surface area contributed by atoms with Gasteiger partial charge in [-0.2, -0.15) is 0 Å². The summed E-state index contributed by atoms with van der Waals surface area (Å²) in [6.45, 7) is 2.23. The van der Waals surface area contributed by atoms with Crippen LogP contribution in [-0.4, -0.2) is 31.1 Å². The van der Waals surface area contributed by atoms with Crippen molar-refractivity contribution in [1.82, 2.24) is 0 Å². The SMILES string of the molecule is CCCCCCCC[Te]c1c(O)cccc1O. The van der Waals surface area contributed by atoms with Gasteiger partial charge in [-0.3, -0.25) is 0 Å². The minimum atomic E-state index is -0.427. The molecule has 1 aromatic carbocycles. The Balaban J connectivity index is 2.18. The standard InChI is InChI=1S/C14H22O2Te/c1-2-3-4-5-6-7-11-17-14-12(15)9-8-10-13(14)16/h8-10,15-16H,2-7,11H2,1H3. The molecule has 1 rings (SSSR count). The maximum absolute atomic E-state index is 9.64. The van der Waals surface area contributed by atoms with Gasteiger partial charge in [0.05, 0.1) is 0 Å². The normalized spacial score (nSPS) is 10.6. The van der Waals surface area contributed by atoms with Gasteiger partial charge in [-0.15, -0.1) is 0 Å². The Morgan fingerprint density at radius 1 is 0.941 bits per heavy atom. The fourth-order valence-electron chi connectivity index (χ4n) is 1.72. The van der Waals surface area contributed by atoms with Crippen molar-refractivity contribution in [2.45, 2.75) is 49.9 Å². The molecule has 96 valence electrons. The van der Waals surface area contributed by atoms with Crippen LogP contribution in [0.5, 0.6) is 11.5 Å². The topological polar surface area (TPSA) is 40.5 Å². The van der Waals surface area contributed by atoms with E-state index in [9.17, 15) is 10.2 Å². The summed E-state index contributed by atoms with van der Waals surface area (Å²) in [5.41, 5.74) is 0. The molecule has 1 aromatic rings. The Hall–Kier alpha value is -0.390. The van der Waals surface area contributed by atoms with E-state index in [1.54, 1.807) is 18.2 Å². The quantitative estimate of drug-likeness (QED) is 0.559. The summed E-state index contributed by atoms with van der Waals surface area (Å²) in [5.74, 6) is 0.553. The molecule has 2 N–H and O–H groups in total. The zero-order valence-electron chi connectivity index (χ0n) is 10.5. The molecule has 0 aromatic heterocycles. The monoisotopic (exact) mass is 352 g/mol. The molecule has 3 heteroatoms. The molecule has 0 saturated heterocycles. The molecule has 0 spiro atoms. The second-order valence-electron chi connectivity index (χ2n) is 4.24. The molecular weight excluding hydrogens is 328 g/mol. The number of hydrogen-bond donors (Lipinski definition) is 2. The van der Waals surface area contributed by atoms with Crippen LogP contribution in [0.3, 0.4) is 0 Å². The molecule has 17 heavy (non-hydrogen) atoms. The van der Waals surface area contributed by atoms with Gasteiger partial charge in [0.2, 0.25) is 0 Å². The predicted molar refractivity (Wildman–Crippen MR) is 73.3 cm³/mol. The number of phenols is 2. The first-order chi connectivity index (χ1) is 8.25. The number of unbranched alkanes of at least 4 members (excludes halogenated alkanes) is 5. The van der Waals surface area contributed by atoms with Crippen LogP contribution < -0.4 is 3.61 Å². The van der Waals surface area contributed by atoms with E-state index in [1.165, 1.54) is 43.0 Å². The van der Waals surface area contributed by atoms with E-state index in [0.29, 0.717) is 0 Å². The molecule has 0 amide bonds. The van der Waals surface area contributed by atoms with Crippen LogP contribution in [0.15, 0.2) is 18.2 Å². The fourth-order valence-corrected chi connectivity index (χ4v) is 4.53. The van der Waals surface area contributed by atoms with Crippen molar-refractivity contribution in [2.75, 3.05) is 0 Å². The second kappa shape index (κ2) is 8.66. The van der Waals surface area contributed by atoms with E-state index < -0.39 is 20.9 Å². The Kier molecular flexibility index (Phi) is 7.48. The van der Waals surface area contributed by atoms with Gasteiger partial charge in [-0.05, 0) is 0 Å². The van der Waals surface area contributed by atoms with Gasteiger partial charge in [0.15, 0.2) is 0 Å². The fraction of sp³-hybridized carbons (Fsp3) is 0.571. The predicted octanol–water partition coefficient (Wildman–Crippen LogP) is 3.21.